The number of piperidine rings is 1. The minimum Gasteiger partial charge on any atom is -0.334 e. The molecule has 174 valence electrons. The number of amides is 2. The van der Waals surface area contributed by atoms with E-state index in [-0.39, 0.29) is 12.1 Å². The van der Waals surface area contributed by atoms with Gasteiger partial charge in [0.2, 0.25) is 0 Å². The minimum absolute atomic E-state index is 0.102. The molecule has 0 unspecified atom stereocenters. The second-order valence-corrected chi connectivity index (χ2v) is 9.71. The van der Waals surface area contributed by atoms with Crippen molar-refractivity contribution in [3.05, 3.63) is 71.9 Å². The molecular formula is C28H36N4O. The van der Waals surface area contributed by atoms with Crippen LogP contribution >= 0.6 is 0 Å². The first-order valence-electron chi connectivity index (χ1n) is 12.2. The second kappa shape index (κ2) is 10.8. The van der Waals surface area contributed by atoms with Crippen molar-refractivity contribution in [1.82, 2.24) is 15.2 Å². The number of likely N-dealkylation sites (tertiary alicyclic amines) is 1. The quantitative estimate of drug-likeness (QED) is 0.495. The SMILES string of the molecule is Cc1cc(NC(=O)N[C@H](CN2CCC(Cc3ccccc3)CC2)C(C)C)c2ccccc2n1. The Morgan fingerprint density at radius 3 is 2.48 bits per heavy atom. The van der Waals surface area contributed by atoms with Crippen molar-refractivity contribution < 1.29 is 4.79 Å². The summed E-state index contributed by atoms with van der Waals surface area (Å²) in [7, 11) is 0. The summed E-state index contributed by atoms with van der Waals surface area (Å²) in [5.74, 6) is 1.11. The molecule has 5 nitrogen and oxygen atoms in total. The van der Waals surface area contributed by atoms with E-state index in [1.165, 1.54) is 24.8 Å². The molecule has 1 aromatic heterocycles. The number of aryl methyl sites for hydroxylation is 1. The summed E-state index contributed by atoms with van der Waals surface area (Å²) >= 11 is 0. The van der Waals surface area contributed by atoms with Crippen LogP contribution in [-0.4, -0.2) is 41.6 Å². The van der Waals surface area contributed by atoms with Crippen LogP contribution < -0.4 is 10.6 Å². The van der Waals surface area contributed by atoms with Crippen molar-refractivity contribution >= 4 is 22.6 Å². The van der Waals surface area contributed by atoms with E-state index in [0.29, 0.717) is 5.92 Å². The van der Waals surface area contributed by atoms with Crippen molar-refractivity contribution in [1.29, 1.82) is 0 Å². The first kappa shape index (κ1) is 23.2. The van der Waals surface area contributed by atoms with E-state index in [1.807, 2.05) is 37.3 Å². The van der Waals surface area contributed by atoms with Crippen LogP contribution in [0.2, 0.25) is 0 Å². The number of hydrogen-bond acceptors (Lipinski definition) is 3. The van der Waals surface area contributed by atoms with Crippen LogP contribution in [0.5, 0.6) is 0 Å². The Morgan fingerprint density at radius 1 is 1.06 bits per heavy atom. The molecule has 1 atom stereocenters. The van der Waals surface area contributed by atoms with Crippen LogP contribution in [0, 0.1) is 18.8 Å². The van der Waals surface area contributed by atoms with Gasteiger partial charge in [-0.2, -0.15) is 0 Å². The number of para-hydroxylation sites is 1. The van der Waals surface area contributed by atoms with Gasteiger partial charge in [-0.1, -0.05) is 62.4 Å². The average molecular weight is 445 g/mol. The molecule has 0 radical (unpaired) electrons. The maximum Gasteiger partial charge on any atom is 0.319 e. The number of anilines is 1. The molecule has 0 aliphatic carbocycles. The minimum atomic E-state index is -0.150. The van der Waals surface area contributed by atoms with Gasteiger partial charge < -0.3 is 15.5 Å². The maximum absolute atomic E-state index is 12.9. The Kier molecular flexibility index (Phi) is 7.61. The van der Waals surface area contributed by atoms with Gasteiger partial charge in [-0.3, -0.25) is 4.98 Å². The smallest absolute Gasteiger partial charge is 0.319 e. The van der Waals surface area contributed by atoms with Gasteiger partial charge in [-0.15, -0.1) is 0 Å². The Hall–Kier alpha value is -2.92. The highest BCUT2D eigenvalue weighted by atomic mass is 16.2. The van der Waals surface area contributed by atoms with Gasteiger partial charge in [-0.05, 0) is 68.8 Å². The normalized spacial score (nSPS) is 16.1. The zero-order valence-corrected chi connectivity index (χ0v) is 20.1. The number of carbonyl (C=O) groups is 1. The van der Waals surface area contributed by atoms with Crippen molar-refractivity contribution in [3.63, 3.8) is 0 Å². The summed E-state index contributed by atoms with van der Waals surface area (Å²) in [6.45, 7) is 9.39. The van der Waals surface area contributed by atoms with Gasteiger partial charge >= 0.3 is 6.03 Å². The van der Waals surface area contributed by atoms with E-state index in [1.54, 1.807) is 0 Å². The third-order valence-electron chi connectivity index (χ3n) is 6.74. The van der Waals surface area contributed by atoms with E-state index in [9.17, 15) is 4.79 Å². The number of pyridine rings is 1. The fourth-order valence-electron chi connectivity index (χ4n) is 4.76. The van der Waals surface area contributed by atoms with Gasteiger partial charge in [0.05, 0.1) is 11.2 Å². The summed E-state index contributed by atoms with van der Waals surface area (Å²) in [5.41, 5.74) is 4.03. The summed E-state index contributed by atoms with van der Waals surface area (Å²) in [4.78, 5) is 20.0. The lowest BCUT2D eigenvalue weighted by Gasteiger charge is -2.35. The molecule has 2 amide bonds. The van der Waals surface area contributed by atoms with Crippen LogP contribution in [0.1, 0.15) is 37.9 Å². The van der Waals surface area contributed by atoms with Gasteiger partial charge in [0.15, 0.2) is 0 Å². The number of rotatable bonds is 7. The molecule has 5 heteroatoms. The standard InChI is InChI=1S/C28H36N4O/c1-20(2)27(19-32-15-13-23(14-16-32)18-22-9-5-4-6-10-22)31-28(33)30-26-17-21(3)29-25-12-8-7-11-24(25)26/h4-12,17,20,23,27H,13-16,18-19H2,1-3H3,(H2,29,30,31,33)/t27-/m1/s1. The zero-order chi connectivity index (χ0) is 23.2. The van der Waals surface area contributed by atoms with Crippen molar-refractivity contribution in [2.75, 3.05) is 25.0 Å². The number of nitrogens with one attached hydrogen (secondary N) is 2. The lowest BCUT2D eigenvalue weighted by molar-refractivity contribution is 0.157. The lowest BCUT2D eigenvalue weighted by atomic mass is 9.89. The molecule has 4 rings (SSSR count). The first-order valence-corrected chi connectivity index (χ1v) is 12.2. The highest BCUT2D eigenvalue weighted by Crippen LogP contribution is 2.24. The topological polar surface area (TPSA) is 57.3 Å². The highest BCUT2D eigenvalue weighted by Gasteiger charge is 2.24. The van der Waals surface area contributed by atoms with Crippen LogP contribution in [-0.2, 0) is 6.42 Å². The van der Waals surface area contributed by atoms with Crippen molar-refractivity contribution in [3.8, 4) is 0 Å². The van der Waals surface area contributed by atoms with Crippen molar-refractivity contribution in [2.45, 2.75) is 46.1 Å². The third kappa shape index (κ3) is 6.32. The molecule has 3 aromatic rings. The Morgan fingerprint density at radius 2 is 1.76 bits per heavy atom. The monoisotopic (exact) mass is 444 g/mol. The van der Waals surface area contributed by atoms with Crippen LogP contribution in [0.25, 0.3) is 10.9 Å². The van der Waals surface area contributed by atoms with Gasteiger partial charge in [0, 0.05) is 23.7 Å². The summed E-state index contributed by atoms with van der Waals surface area (Å²) in [5, 5.41) is 7.27. The van der Waals surface area contributed by atoms with Gasteiger partial charge in [0.25, 0.3) is 0 Å². The van der Waals surface area contributed by atoms with E-state index >= 15 is 0 Å². The van der Waals surface area contributed by atoms with Gasteiger partial charge in [-0.25, -0.2) is 4.79 Å². The molecule has 1 aliphatic rings. The van der Waals surface area contributed by atoms with E-state index in [2.05, 4.69) is 64.7 Å². The number of benzene rings is 2. The molecule has 1 fully saturated rings. The Balaban J connectivity index is 1.32. The number of urea groups is 1. The maximum atomic E-state index is 12.9. The summed E-state index contributed by atoms with van der Waals surface area (Å²) < 4.78 is 0. The van der Waals surface area contributed by atoms with Crippen LogP contribution in [0.15, 0.2) is 60.7 Å². The molecule has 0 spiro atoms. The molecule has 2 heterocycles. The Labute approximate surface area is 197 Å². The third-order valence-corrected chi connectivity index (χ3v) is 6.74. The summed E-state index contributed by atoms with van der Waals surface area (Å²) in [6, 6.07) is 20.6. The fourth-order valence-corrected chi connectivity index (χ4v) is 4.76. The second-order valence-electron chi connectivity index (χ2n) is 9.71. The summed E-state index contributed by atoms with van der Waals surface area (Å²) in [6.07, 6.45) is 3.60. The molecule has 2 aromatic carbocycles. The number of hydrogen-bond donors (Lipinski definition) is 2. The number of fused-ring (bicyclic) bond motifs is 1. The molecular weight excluding hydrogens is 408 g/mol. The van der Waals surface area contributed by atoms with Gasteiger partial charge in [0.1, 0.15) is 0 Å². The Bertz CT molecular complexity index is 1060. The van der Waals surface area contributed by atoms with Crippen LogP contribution in [0.3, 0.4) is 0 Å². The molecule has 1 aliphatic heterocycles. The average Bonchev–Trinajstić information content (AvgIpc) is 2.80. The number of aromatic nitrogens is 1. The largest absolute Gasteiger partial charge is 0.334 e. The predicted octanol–water partition coefficient (Wildman–Crippen LogP) is 5.64. The van der Waals surface area contributed by atoms with E-state index in [0.717, 1.165) is 47.8 Å². The van der Waals surface area contributed by atoms with E-state index < -0.39 is 0 Å². The van der Waals surface area contributed by atoms with E-state index in [4.69, 9.17) is 0 Å². The van der Waals surface area contributed by atoms with Crippen molar-refractivity contribution in [2.24, 2.45) is 11.8 Å². The molecule has 0 saturated carbocycles. The lowest BCUT2D eigenvalue weighted by Crippen LogP contribution is -2.49. The number of carbonyl (C=O) groups excluding carboxylic acids is 1. The fraction of sp³-hybridized carbons (Fsp3) is 0.429. The zero-order valence-electron chi connectivity index (χ0n) is 20.1. The highest BCUT2D eigenvalue weighted by molar-refractivity contribution is 6.00. The first-order chi connectivity index (χ1) is 16.0. The predicted molar refractivity (Wildman–Crippen MR) is 137 cm³/mol. The molecule has 2 N–H and O–H groups in total. The molecule has 1 saturated heterocycles. The number of nitrogens with zero attached hydrogens (tertiary/aromatic N) is 2. The molecule has 33 heavy (non-hydrogen) atoms. The molecule has 0 bridgehead atoms. The van der Waals surface area contributed by atoms with Crippen LogP contribution in [0.4, 0.5) is 10.5 Å².